The number of rotatable bonds is 7. The second-order valence-electron chi connectivity index (χ2n) is 7.28. The topological polar surface area (TPSA) is 81.1 Å². The summed E-state index contributed by atoms with van der Waals surface area (Å²) in [6, 6.07) is 11.1. The molecular weight excluding hydrogens is 378 g/mol. The zero-order chi connectivity index (χ0) is 20.8. The number of amides is 2. The van der Waals surface area contributed by atoms with Gasteiger partial charge >= 0.3 is 6.03 Å². The Morgan fingerprint density at radius 3 is 2.63 bits per heavy atom. The van der Waals surface area contributed by atoms with E-state index in [1.54, 1.807) is 12.4 Å². The molecule has 0 saturated carbocycles. The molecule has 0 atom stereocenters. The molecule has 7 heteroatoms. The Bertz CT molecular complexity index is 983. The predicted molar refractivity (Wildman–Crippen MR) is 117 cm³/mol. The third kappa shape index (κ3) is 4.62. The number of ether oxygens (including phenoxy) is 1. The van der Waals surface area contributed by atoms with E-state index >= 15 is 0 Å². The van der Waals surface area contributed by atoms with E-state index in [1.807, 2.05) is 43.3 Å². The van der Waals surface area contributed by atoms with Gasteiger partial charge in [0.15, 0.2) is 0 Å². The van der Waals surface area contributed by atoms with Crippen LogP contribution in [0.25, 0.3) is 11.3 Å². The summed E-state index contributed by atoms with van der Waals surface area (Å²) in [6.45, 7) is 3.71. The summed E-state index contributed by atoms with van der Waals surface area (Å²) < 4.78 is 7.47. The van der Waals surface area contributed by atoms with Gasteiger partial charge in [-0.05, 0) is 69.0 Å². The van der Waals surface area contributed by atoms with Crippen molar-refractivity contribution in [1.82, 2.24) is 20.1 Å². The van der Waals surface area contributed by atoms with Crippen LogP contribution in [-0.4, -0.2) is 33.9 Å². The lowest BCUT2D eigenvalue weighted by atomic mass is 9.94. The average molecular weight is 406 g/mol. The van der Waals surface area contributed by atoms with Crippen LogP contribution in [0.3, 0.4) is 0 Å². The van der Waals surface area contributed by atoms with Crippen LogP contribution in [0.15, 0.2) is 48.8 Å². The minimum absolute atomic E-state index is 0.227. The van der Waals surface area contributed by atoms with Crippen LogP contribution in [0.2, 0.25) is 0 Å². The van der Waals surface area contributed by atoms with Crippen molar-refractivity contribution in [3.8, 4) is 17.0 Å². The van der Waals surface area contributed by atoms with E-state index in [0.717, 1.165) is 35.5 Å². The normalized spacial score (nSPS) is 12.8. The van der Waals surface area contributed by atoms with Gasteiger partial charge in [-0.2, -0.15) is 5.10 Å². The van der Waals surface area contributed by atoms with Gasteiger partial charge in [-0.3, -0.25) is 9.67 Å². The van der Waals surface area contributed by atoms with Crippen LogP contribution < -0.4 is 15.4 Å². The molecule has 0 unspecified atom stereocenters. The number of anilines is 1. The quantitative estimate of drug-likeness (QED) is 0.622. The number of aromatic nitrogens is 3. The molecule has 1 aliphatic rings. The Morgan fingerprint density at radius 1 is 1.10 bits per heavy atom. The zero-order valence-electron chi connectivity index (χ0n) is 17.2. The maximum Gasteiger partial charge on any atom is 0.319 e. The van der Waals surface area contributed by atoms with Gasteiger partial charge in [0.2, 0.25) is 0 Å². The van der Waals surface area contributed by atoms with Crippen LogP contribution in [0.4, 0.5) is 10.5 Å². The number of fused-ring (bicyclic) bond motifs is 1. The third-order valence-electron chi connectivity index (χ3n) is 5.24. The second-order valence-corrected chi connectivity index (χ2v) is 7.28. The summed E-state index contributed by atoms with van der Waals surface area (Å²) in [7, 11) is 0. The fourth-order valence-corrected chi connectivity index (χ4v) is 3.85. The van der Waals surface area contributed by atoms with Crippen molar-refractivity contribution < 1.29 is 9.53 Å². The highest BCUT2D eigenvalue weighted by molar-refractivity contribution is 5.89. The molecule has 0 bridgehead atoms. The standard InChI is InChI=1S/C23H27N5O2/c1-2-30-19-9-7-18(8-10-19)26-23(29)25-15-16-28-21-6-4-3-5-20(21)22(27-28)17-11-13-24-14-12-17/h7-14H,2-6,15-16H2,1H3,(H2,25,26,29). The molecule has 2 aromatic heterocycles. The Morgan fingerprint density at radius 2 is 1.87 bits per heavy atom. The van der Waals surface area contributed by atoms with Gasteiger partial charge in [0.05, 0.1) is 18.8 Å². The molecule has 7 nitrogen and oxygen atoms in total. The molecule has 156 valence electrons. The van der Waals surface area contributed by atoms with Crippen LogP contribution >= 0.6 is 0 Å². The molecule has 2 N–H and O–H groups in total. The summed E-state index contributed by atoms with van der Waals surface area (Å²) in [5.41, 5.74) is 5.51. The van der Waals surface area contributed by atoms with Crippen molar-refractivity contribution in [3.63, 3.8) is 0 Å². The van der Waals surface area contributed by atoms with Gasteiger partial charge in [-0.25, -0.2) is 4.79 Å². The molecule has 1 aliphatic carbocycles. The molecule has 0 radical (unpaired) electrons. The van der Waals surface area contributed by atoms with Gasteiger partial charge in [-0.15, -0.1) is 0 Å². The first-order valence-electron chi connectivity index (χ1n) is 10.5. The molecule has 2 heterocycles. The Hall–Kier alpha value is -3.35. The first kappa shape index (κ1) is 19.9. The SMILES string of the molecule is CCOc1ccc(NC(=O)NCCn2nc(-c3ccncc3)c3c2CCCC3)cc1. The fraction of sp³-hybridized carbons (Fsp3) is 0.348. The predicted octanol–water partition coefficient (Wildman–Crippen LogP) is 4.04. The molecule has 30 heavy (non-hydrogen) atoms. The van der Waals surface area contributed by atoms with E-state index in [-0.39, 0.29) is 6.03 Å². The van der Waals surface area contributed by atoms with Crippen molar-refractivity contribution in [2.24, 2.45) is 0 Å². The smallest absolute Gasteiger partial charge is 0.319 e. The van der Waals surface area contributed by atoms with Gasteiger partial charge in [0, 0.05) is 41.4 Å². The molecule has 2 amide bonds. The van der Waals surface area contributed by atoms with E-state index in [1.165, 1.54) is 24.1 Å². The van der Waals surface area contributed by atoms with E-state index < -0.39 is 0 Å². The monoisotopic (exact) mass is 405 g/mol. The molecule has 0 saturated heterocycles. The van der Waals surface area contributed by atoms with Crippen LogP contribution in [-0.2, 0) is 19.4 Å². The molecular formula is C23H27N5O2. The Balaban J connectivity index is 1.37. The minimum atomic E-state index is -0.227. The van der Waals surface area contributed by atoms with Gasteiger partial charge < -0.3 is 15.4 Å². The maximum atomic E-state index is 12.2. The Kier molecular flexibility index (Phi) is 6.27. The van der Waals surface area contributed by atoms with Crippen molar-refractivity contribution in [2.45, 2.75) is 39.2 Å². The lowest BCUT2D eigenvalue weighted by molar-refractivity contribution is 0.251. The minimum Gasteiger partial charge on any atom is -0.494 e. The number of nitrogens with zero attached hydrogens (tertiary/aromatic N) is 3. The highest BCUT2D eigenvalue weighted by Crippen LogP contribution is 2.30. The van der Waals surface area contributed by atoms with Crippen LogP contribution in [0.5, 0.6) is 5.75 Å². The summed E-state index contributed by atoms with van der Waals surface area (Å²) in [6.07, 6.45) is 8.07. The van der Waals surface area contributed by atoms with Gasteiger partial charge in [0.1, 0.15) is 5.75 Å². The van der Waals surface area contributed by atoms with Crippen molar-refractivity contribution in [1.29, 1.82) is 0 Å². The summed E-state index contributed by atoms with van der Waals surface area (Å²) in [4.78, 5) is 16.3. The van der Waals surface area contributed by atoms with Crippen LogP contribution in [0.1, 0.15) is 31.0 Å². The number of carbonyl (C=O) groups is 1. The van der Waals surface area contributed by atoms with Crippen LogP contribution in [0, 0.1) is 0 Å². The molecule has 3 aromatic rings. The number of carbonyl (C=O) groups excluding carboxylic acids is 1. The van der Waals surface area contributed by atoms with Gasteiger partial charge in [0.25, 0.3) is 0 Å². The summed E-state index contributed by atoms with van der Waals surface area (Å²) in [5.74, 6) is 0.789. The average Bonchev–Trinajstić information content (AvgIpc) is 3.15. The number of hydrogen-bond donors (Lipinski definition) is 2. The zero-order valence-corrected chi connectivity index (χ0v) is 17.2. The number of benzene rings is 1. The highest BCUT2D eigenvalue weighted by atomic mass is 16.5. The maximum absolute atomic E-state index is 12.2. The highest BCUT2D eigenvalue weighted by Gasteiger charge is 2.21. The number of urea groups is 1. The Labute approximate surface area is 176 Å². The summed E-state index contributed by atoms with van der Waals surface area (Å²) >= 11 is 0. The number of hydrogen-bond acceptors (Lipinski definition) is 4. The first-order chi connectivity index (χ1) is 14.7. The van der Waals surface area contributed by atoms with E-state index in [9.17, 15) is 4.79 Å². The number of nitrogens with one attached hydrogen (secondary N) is 2. The van der Waals surface area contributed by atoms with Gasteiger partial charge in [-0.1, -0.05) is 0 Å². The van der Waals surface area contributed by atoms with E-state index in [4.69, 9.17) is 9.84 Å². The van der Waals surface area contributed by atoms with E-state index in [0.29, 0.717) is 19.7 Å². The first-order valence-corrected chi connectivity index (χ1v) is 10.5. The van der Waals surface area contributed by atoms with Crippen molar-refractivity contribution >= 4 is 11.7 Å². The fourth-order valence-electron chi connectivity index (χ4n) is 3.85. The van der Waals surface area contributed by atoms with Crippen molar-refractivity contribution in [2.75, 3.05) is 18.5 Å². The second kappa shape index (κ2) is 9.43. The molecule has 0 fully saturated rings. The number of pyridine rings is 1. The summed E-state index contributed by atoms with van der Waals surface area (Å²) in [5, 5.41) is 10.6. The largest absolute Gasteiger partial charge is 0.494 e. The molecule has 4 rings (SSSR count). The molecule has 0 aliphatic heterocycles. The third-order valence-corrected chi connectivity index (χ3v) is 5.24. The molecule has 0 spiro atoms. The lowest BCUT2D eigenvalue weighted by Crippen LogP contribution is -2.32. The van der Waals surface area contributed by atoms with E-state index in [2.05, 4.69) is 20.3 Å². The van der Waals surface area contributed by atoms with Crippen molar-refractivity contribution in [3.05, 3.63) is 60.0 Å². The lowest BCUT2D eigenvalue weighted by Gasteiger charge is -2.14. The molecule has 1 aromatic carbocycles.